The molecule has 0 aliphatic rings. The van der Waals surface area contributed by atoms with Crippen LogP contribution in [0, 0.1) is 0 Å². The van der Waals surface area contributed by atoms with E-state index in [4.69, 9.17) is 4.74 Å². The van der Waals surface area contributed by atoms with E-state index < -0.39 is 10.0 Å². The highest BCUT2D eigenvalue weighted by atomic mass is 79.9. The van der Waals surface area contributed by atoms with Crippen LogP contribution in [-0.2, 0) is 16.6 Å². The SMILES string of the molecule is O=S(=O)(NCc1ccc(Oc2ccccc2)cc1)c1ccc(Br)cc1. The number of sulfonamides is 1. The first-order valence-corrected chi connectivity index (χ1v) is 9.88. The van der Waals surface area contributed by atoms with E-state index in [-0.39, 0.29) is 11.4 Å². The van der Waals surface area contributed by atoms with Gasteiger partial charge in [-0.3, -0.25) is 0 Å². The Kier molecular flexibility index (Phi) is 5.53. The van der Waals surface area contributed by atoms with Gasteiger partial charge in [0.25, 0.3) is 0 Å². The molecule has 4 nitrogen and oxygen atoms in total. The molecule has 6 heteroatoms. The highest BCUT2D eigenvalue weighted by Gasteiger charge is 2.13. The van der Waals surface area contributed by atoms with Crippen LogP contribution >= 0.6 is 15.9 Å². The van der Waals surface area contributed by atoms with E-state index in [0.717, 1.165) is 15.8 Å². The molecule has 3 rings (SSSR count). The molecule has 0 amide bonds. The van der Waals surface area contributed by atoms with Crippen LogP contribution < -0.4 is 9.46 Å². The van der Waals surface area contributed by atoms with Gasteiger partial charge in [-0.15, -0.1) is 0 Å². The van der Waals surface area contributed by atoms with Crippen molar-refractivity contribution in [3.63, 3.8) is 0 Å². The van der Waals surface area contributed by atoms with Crippen molar-refractivity contribution in [1.29, 1.82) is 0 Å². The third kappa shape index (κ3) is 4.92. The van der Waals surface area contributed by atoms with Gasteiger partial charge >= 0.3 is 0 Å². The Bertz CT molecular complexity index is 925. The summed E-state index contributed by atoms with van der Waals surface area (Å²) in [5.74, 6) is 1.46. The van der Waals surface area contributed by atoms with Crippen LogP contribution in [0.2, 0.25) is 0 Å². The number of halogens is 1. The predicted octanol–water partition coefficient (Wildman–Crippen LogP) is 4.72. The first-order chi connectivity index (χ1) is 12.0. The molecule has 25 heavy (non-hydrogen) atoms. The smallest absolute Gasteiger partial charge is 0.240 e. The molecule has 0 fully saturated rings. The summed E-state index contributed by atoms with van der Waals surface area (Å²) in [6.07, 6.45) is 0. The van der Waals surface area contributed by atoms with Gasteiger partial charge in [-0.05, 0) is 54.1 Å². The van der Waals surface area contributed by atoms with Crippen molar-refractivity contribution in [3.05, 3.63) is 88.9 Å². The second kappa shape index (κ2) is 7.82. The Morgan fingerprint density at radius 2 is 1.40 bits per heavy atom. The van der Waals surface area contributed by atoms with Crippen molar-refractivity contribution in [2.45, 2.75) is 11.4 Å². The molecule has 0 aliphatic carbocycles. The molecule has 0 unspecified atom stereocenters. The predicted molar refractivity (Wildman–Crippen MR) is 101 cm³/mol. The molecule has 0 aromatic heterocycles. The summed E-state index contributed by atoms with van der Waals surface area (Å²) < 4.78 is 33.7. The average molecular weight is 418 g/mol. The molecular weight excluding hydrogens is 402 g/mol. The van der Waals surface area contributed by atoms with E-state index in [2.05, 4.69) is 20.7 Å². The highest BCUT2D eigenvalue weighted by molar-refractivity contribution is 9.10. The summed E-state index contributed by atoms with van der Waals surface area (Å²) in [6.45, 7) is 0.212. The molecule has 0 radical (unpaired) electrons. The standard InChI is InChI=1S/C19H16BrNO3S/c20-16-8-12-19(13-9-16)25(22,23)21-14-15-6-10-18(11-7-15)24-17-4-2-1-3-5-17/h1-13,21H,14H2. The third-order valence-corrected chi connectivity index (χ3v) is 5.44. The van der Waals surface area contributed by atoms with Gasteiger partial charge in [-0.1, -0.05) is 46.3 Å². The van der Waals surface area contributed by atoms with Crippen LogP contribution in [0.25, 0.3) is 0 Å². The molecule has 0 spiro atoms. The molecule has 128 valence electrons. The molecule has 0 saturated carbocycles. The van der Waals surface area contributed by atoms with Crippen molar-refractivity contribution in [2.75, 3.05) is 0 Å². The zero-order chi connectivity index (χ0) is 17.7. The summed E-state index contributed by atoms with van der Waals surface area (Å²) >= 11 is 3.29. The number of para-hydroxylation sites is 1. The second-order valence-electron chi connectivity index (χ2n) is 5.34. The molecule has 0 saturated heterocycles. The molecule has 3 aromatic rings. The molecule has 3 aromatic carbocycles. The number of hydrogen-bond acceptors (Lipinski definition) is 3. The van der Waals surface area contributed by atoms with Gasteiger partial charge < -0.3 is 4.74 Å². The molecule has 1 N–H and O–H groups in total. The largest absolute Gasteiger partial charge is 0.457 e. The van der Waals surface area contributed by atoms with Crippen LogP contribution in [0.1, 0.15) is 5.56 Å². The lowest BCUT2D eigenvalue weighted by Gasteiger charge is -2.09. The fraction of sp³-hybridized carbons (Fsp3) is 0.0526. The summed E-state index contributed by atoms with van der Waals surface area (Å²) in [6, 6.07) is 23.3. The zero-order valence-electron chi connectivity index (χ0n) is 13.2. The summed E-state index contributed by atoms with van der Waals surface area (Å²) in [5, 5.41) is 0. The lowest BCUT2D eigenvalue weighted by molar-refractivity contribution is 0.482. The van der Waals surface area contributed by atoms with Gasteiger partial charge in [0.05, 0.1) is 4.90 Å². The van der Waals surface area contributed by atoms with E-state index in [1.165, 1.54) is 0 Å². The molecule has 0 heterocycles. The molecule has 0 atom stereocenters. The van der Waals surface area contributed by atoms with E-state index in [1.54, 1.807) is 24.3 Å². The van der Waals surface area contributed by atoms with Gasteiger partial charge in [-0.25, -0.2) is 13.1 Å². The minimum atomic E-state index is -3.54. The van der Waals surface area contributed by atoms with E-state index in [9.17, 15) is 8.42 Å². The van der Waals surface area contributed by atoms with E-state index in [0.29, 0.717) is 5.75 Å². The Hall–Kier alpha value is -2.15. The number of nitrogens with one attached hydrogen (secondary N) is 1. The maximum absolute atomic E-state index is 12.3. The Morgan fingerprint density at radius 3 is 2.04 bits per heavy atom. The van der Waals surface area contributed by atoms with E-state index >= 15 is 0 Å². The maximum atomic E-state index is 12.3. The Morgan fingerprint density at radius 1 is 0.800 bits per heavy atom. The van der Waals surface area contributed by atoms with Crippen molar-refractivity contribution in [1.82, 2.24) is 4.72 Å². The topological polar surface area (TPSA) is 55.4 Å². The van der Waals surface area contributed by atoms with Crippen LogP contribution in [0.15, 0.2) is 88.2 Å². The second-order valence-corrected chi connectivity index (χ2v) is 8.02. The fourth-order valence-corrected chi connectivity index (χ4v) is 3.46. The highest BCUT2D eigenvalue weighted by Crippen LogP contribution is 2.21. The average Bonchev–Trinajstić information content (AvgIpc) is 2.62. The molecule has 0 aliphatic heterocycles. The zero-order valence-corrected chi connectivity index (χ0v) is 15.6. The summed E-state index contributed by atoms with van der Waals surface area (Å²) in [4.78, 5) is 0.236. The third-order valence-electron chi connectivity index (χ3n) is 3.49. The summed E-state index contributed by atoms with van der Waals surface area (Å²) in [7, 11) is -3.54. The maximum Gasteiger partial charge on any atom is 0.240 e. The molecular formula is C19H16BrNO3S. The van der Waals surface area contributed by atoms with Crippen molar-refractivity contribution in [3.8, 4) is 11.5 Å². The van der Waals surface area contributed by atoms with Crippen LogP contribution in [0.5, 0.6) is 11.5 Å². The minimum Gasteiger partial charge on any atom is -0.457 e. The fourth-order valence-electron chi connectivity index (χ4n) is 2.18. The Balaban J connectivity index is 1.62. The van der Waals surface area contributed by atoms with Crippen LogP contribution in [0.3, 0.4) is 0 Å². The number of benzene rings is 3. The van der Waals surface area contributed by atoms with Gasteiger partial charge in [0.1, 0.15) is 11.5 Å². The normalized spacial score (nSPS) is 11.2. The quantitative estimate of drug-likeness (QED) is 0.630. The lowest BCUT2D eigenvalue weighted by atomic mass is 10.2. The number of ether oxygens (including phenoxy) is 1. The number of hydrogen-bond donors (Lipinski definition) is 1. The Labute approximate surface area is 155 Å². The first-order valence-electron chi connectivity index (χ1n) is 7.60. The van der Waals surface area contributed by atoms with Gasteiger partial charge in [0.2, 0.25) is 10.0 Å². The van der Waals surface area contributed by atoms with Crippen molar-refractivity contribution < 1.29 is 13.2 Å². The van der Waals surface area contributed by atoms with E-state index in [1.807, 2.05) is 54.6 Å². The van der Waals surface area contributed by atoms with Gasteiger partial charge in [-0.2, -0.15) is 0 Å². The van der Waals surface area contributed by atoms with Gasteiger partial charge in [0, 0.05) is 11.0 Å². The molecule has 0 bridgehead atoms. The number of rotatable bonds is 6. The minimum absolute atomic E-state index is 0.212. The van der Waals surface area contributed by atoms with Gasteiger partial charge in [0.15, 0.2) is 0 Å². The lowest BCUT2D eigenvalue weighted by Crippen LogP contribution is -2.23. The van der Waals surface area contributed by atoms with Crippen molar-refractivity contribution in [2.24, 2.45) is 0 Å². The monoisotopic (exact) mass is 417 g/mol. The first kappa shape index (κ1) is 17.7. The summed E-state index contributed by atoms with van der Waals surface area (Å²) in [5.41, 5.74) is 0.848. The van der Waals surface area contributed by atoms with Crippen LogP contribution in [-0.4, -0.2) is 8.42 Å². The van der Waals surface area contributed by atoms with Crippen LogP contribution in [0.4, 0.5) is 0 Å². The van der Waals surface area contributed by atoms with Crippen molar-refractivity contribution >= 4 is 26.0 Å².